The molecule has 0 spiro atoms. The molecule has 0 saturated carbocycles. The highest BCUT2D eigenvalue weighted by atomic mass is 19.2. The van der Waals surface area contributed by atoms with E-state index >= 15 is 0 Å². The molecule has 0 bridgehead atoms. The average Bonchev–Trinajstić information content (AvgIpc) is 2.57. The third kappa shape index (κ3) is 3.34. The summed E-state index contributed by atoms with van der Waals surface area (Å²) < 4.78 is 36.9. The van der Waals surface area contributed by atoms with Crippen LogP contribution in [0.15, 0.2) is 42.5 Å². The number of carbonyl (C=O) groups excluding carboxylic acids is 2. The van der Waals surface area contributed by atoms with Crippen molar-refractivity contribution in [3.05, 3.63) is 59.7 Å². The molecule has 0 fully saturated rings. The fraction of sp³-hybridized carbons (Fsp3) is 0.176. The Morgan fingerprint density at radius 2 is 1.96 bits per heavy atom. The van der Waals surface area contributed by atoms with E-state index in [4.69, 9.17) is 9.47 Å². The molecule has 1 aliphatic heterocycles. The van der Waals surface area contributed by atoms with Gasteiger partial charge < -0.3 is 14.8 Å². The van der Waals surface area contributed by atoms with Gasteiger partial charge >= 0.3 is 5.97 Å². The monoisotopic (exact) mass is 333 g/mol. The van der Waals surface area contributed by atoms with E-state index in [1.165, 1.54) is 12.1 Å². The Labute approximate surface area is 136 Å². The van der Waals surface area contributed by atoms with Crippen molar-refractivity contribution in [1.29, 1.82) is 0 Å². The lowest BCUT2D eigenvalue weighted by Crippen LogP contribution is -2.38. The molecule has 0 unspecified atom stereocenters. The first-order valence-corrected chi connectivity index (χ1v) is 7.19. The molecule has 24 heavy (non-hydrogen) atoms. The van der Waals surface area contributed by atoms with Crippen molar-refractivity contribution >= 4 is 17.6 Å². The Balaban J connectivity index is 1.59. The highest BCUT2D eigenvalue weighted by molar-refractivity contribution is 5.99. The van der Waals surface area contributed by atoms with Gasteiger partial charge in [0.1, 0.15) is 12.4 Å². The molecule has 1 aliphatic rings. The molecule has 1 N–H and O–H groups in total. The number of halogens is 2. The van der Waals surface area contributed by atoms with Gasteiger partial charge in [-0.2, -0.15) is 0 Å². The van der Waals surface area contributed by atoms with Crippen LogP contribution in [-0.2, 0) is 20.9 Å². The van der Waals surface area contributed by atoms with Gasteiger partial charge in [0, 0.05) is 5.56 Å². The smallest absolute Gasteiger partial charge is 0.310 e. The van der Waals surface area contributed by atoms with E-state index in [0.717, 1.165) is 6.07 Å². The van der Waals surface area contributed by atoms with E-state index in [9.17, 15) is 18.4 Å². The maximum absolute atomic E-state index is 13.5. The number of nitrogens with one attached hydrogen (secondary N) is 1. The van der Waals surface area contributed by atoms with E-state index in [1.807, 2.05) is 0 Å². The second-order valence-electron chi connectivity index (χ2n) is 5.17. The number of benzene rings is 2. The van der Waals surface area contributed by atoms with Crippen molar-refractivity contribution < 1.29 is 27.8 Å². The minimum Gasteiger partial charge on any atom is -0.478 e. The summed E-state index contributed by atoms with van der Waals surface area (Å²) in [6, 6.07) is 10.4. The molecule has 2 aromatic rings. The lowest BCUT2D eigenvalue weighted by molar-refractivity contribution is -0.149. The molecule has 5 nitrogen and oxygen atoms in total. The number of ether oxygens (including phenoxy) is 2. The van der Waals surface area contributed by atoms with Crippen LogP contribution in [0.1, 0.15) is 12.0 Å². The molecule has 7 heteroatoms. The van der Waals surface area contributed by atoms with Gasteiger partial charge in [-0.05, 0) is 18.2 Å². The van der Waals surface area contributed by atoms with E-state index in [1.54, 1.807) is 24.3 Å². The predicted molar refractivity (Wildman–Crippen MR) is 80.3 cm³/mol. The molecular formula is C17H13F2NO4. The highest BCUT2D eigenvalue weighted by Crippen LogP contribution is 2.29. The minimum atomic E-state index is -1.06. The molecule has 0 radical (unpaired) electrons. The van der Waals surface area contributed by atoms with Gasteiger partial charge in [0.05, 0.1) is 12.1 Å². The fourth-order valence-electron chi connectivity index (χ4n) is 2.26. The Hall–Kier alpha value is -2.96. The maximum atomic E-state index is 13.5. The van der Waals surface area contributed by atoms with Gasteiger partial charge in [-0.3, -0.25) is 9.59 Å². The minimum absolute atomic E-state index is 0.0808. The van der Waals surface area contributed by atoms with Crippen LogP contribution < -0.4 is 10.1 Å². The van der Waals surface area contributed by atoms with Crippen LogP contribution in [0, 0.1) is 11.6 Å². The lowest BCUT2D eigenvalue weighted by Gasteiger charge is -2.25. The highest BCUT2D eigenvalue weighted by Gasteiger charge is 2.30. The average molecular weight is 333 g/mol. The number of fused-ring (bicyclic) bond motifs is 1. The van der Waals surface area contributed by atoms with Crippen LogP contribution in [-0.4, -0.2) is 18.0 Å². The van der Waals surface area contributed by atoms with Gasteiger partial charge in [-0.25, -0.2) is 8.78 Å². The fourth-order valence-corrected chi connectivity index (χ4v) is 2.26. The summed E-state index contributed by atoms with van der Waals surface area (Å²) in [4.78, 5) is 23.8. The van der Waals surface area contributed by atoms with Crippen LogP contribution in [0.4, 0.5) is 14.5 Å². The topological polar surface area (TPSA) is 64.6 Å². The summed E-state index contributed by atoms with van der Waals surface area (Å²) >= 11 is 0. The van der Waals surface area contributed by atoms with Crippen molar-refractivity contribution in [2.75, 3.05) is 5.32 Å². The second-order valence-corrected chi connectivity index (χ2v) is 5.17. The van der Waals surface area contributed by atoms with Gasteiger partial charge in [-0.15, -0.1) is 0 Å². The van der Waals surface area contributed by atoms with Crippen LogP contribution >= 0.6 is 0 Å². The molecule has 0 aromatic heterocycles. The summed E-state index contributed by atoms with van der Waals surface area (Å²) in [5.74, 6) is -2.85. The van der Waals surface area contributed by atoms with E-state index in [2.05, 4.69) is 5.32 Å². The van der Waals surface area contributed by atoms with E-state index in [-0.39, 0.29) is 12.0 Å². The normalized spacial score (nSPS) is 15.9. The Bertz CT molecular complexity index is 794. The van der Waals surface area contributed by atoms with Crippen LogP contribution in [0.5, 0.6) is 5.75 Å². The van der Waals surface area contributed by atoms with Crippen molar-refractivity contribution in [2.45, 2.75) is 19.1 Å². The first-order valence-electron chi connectivity index (χ1n) is 7.19. The molecule has 2 aromatic carbocycles. The summed E-state index contributed by atoms with van der Waals surface area (Å²) in [5, 5.41) is 2.62. The number of carbonyl (C=O) groups is 2. The molecule has 1 amide bonds. The number of rotatable bonds is 4. The Morgan fingerprint density at radius 3 is 2.79 bits per heavy atom. The zero-order chi connectivity index (χ0) is 17.1. The van der Waals surface area contributed by atoms with Crippen molar-refractivity contribution in [3.8, 4) is 5.75 Å². The number of esters is 1. The van der Waals surface area contributed by atoms with Crippen molar-refractivity contribution in [2.24, 2.45) is 0 Å². The SMILES string of the molecule is O=C(C[C@H]1Oc2ccccc2NC1=O)OCc1cccc(F)c1F. The van der Waals surface area contributed by atoms with Crippen LogP contribution in [0.2, 0.25) is 0 Å². The first kappa shape index (κ1) is 15.9. The van der Waals surface area contributed by atoms with E-state index in [0.29, 0.717) is 11.4 Å². The Kier molecular flexibility index (Phi) is 4.41. The van der Waals surface area contributed by atoms with Gasteiger partial charge in [0.15, 0.2) is 17.7 Å². The first-order chi connectivity index (χ1) is 11.5. The largest absolute Gasteiger partial charge is 0.478 e. The summed E-state index contributed by atoms with van der Waals surface area (Å²) in [6.45, 7) is -0.423. The maximum Gasteiger partial charge on any atom is 0.310 e. The molecule has 1 atom stereocenters. The molecule has 3 rings (SSSR count). The zero-order valence-electron chi connectivity index (χ0n) is 12.4. The number of hydrogen-bond donors (Lipinski definition) is 1. The summed E-state index contributed by atoms with van der Waals surface area (Å²) in [6.07, 6.45) is -1.37. The second kappa shape index (κ2) is 6.66. The van der Waals surface area contributed by atoms with Gasteiger partial charge in [0.2, 0.25) is 0 Å². The van der Waals surface area contributed by atoms with Crippen molar-refractivity contribution in [3.63, 3.8) is 0 Å². The van der Waals surface area contributed by atoms with Gasteiger partial charge in [0.25, 0.3) is 5.91 Å². The van der Waals surface area contributed by atoms with Crippen LogP contribution in [0.25, 0.3) is 0 Å². The number of anilines is 1. The molecular weight excluding hydrogens is 320 g/mol. The molecule has 0 saturated heterocycles. The standard InChI is InChI=1S/C17H13F2NO4/c18-11-5-3-4-10(16(11)19)9-23-15(21)8-14-17(22)20-12-6-1-2-7-13(12)24-14/h1-7,14H,8-9H2,(H,20,22)/t14-/m1/s1. The summed E-state index contributed by atoms with van der Waals surface area (Å²) in [5.41, 5.74) is 0.441. The molecule has 124 valence electrons. The zero-order valence-corrected chi connectivity index (χ0v) is 12.4. The third-order valence-electron chi connectivity index (χ3n) is 3.48. The van der Waals surface area contributed by atoms with E-state index < -0.39 is 36.2 Å². The lowest BCUT2D eigenvalue weighted by atomic mass is 10.1. The van der Waals surface area contributed by atoms with Crippen molar-refractivity contribution in [1.82, 2.24) is 0 Å². The molecule has 0 aliphatic carbocycles. The number of amides is 1. The summed E-state index contributed by atoms with van der Waals surface area (Å²) in [7, 11) is 0. The number of hydrogen-bond acceptors (Lipinski definition) is 4. The molecule has 1 heterocycles. The predicted octanol–water partition coefficient (Wildman–Crippen LogP) is 2.80. The van der Waals surface area contributed by atoms with Gasteiger partial charge in [-0.1, -0.05) is 24.3 Å². The Morgan fingerprint density at radius 1 is 1.17 bits per heavy atom. The third-order valence-corrected chi connectivity index (χ3v) is 3.48. The quantitative estimate of drug-likeness (QED) is 0.874. The number of para-hydroxylation sites is 2. The van der Waals surface area contributed by atoms with Crippen LogP contribution in [0.3, 0.4) is 0 Å².